The molecule has 1 heterocycles. The molecule has 0 bridgehead atoms. The van der Waals surface area contributed by atoms with Gasteiger partial charge < -0.3 is 0 Å². The summed E-state index contributed by atoms with van der Waals surface area (Å²) in [5.74, 6) is 0.0914. The van der Waals surface area contributed by atoms with Crippen LogP contribution in [0.1, 0.15) is 6.92 Å². The number of carbonyl (C=O) groups excluding carboxylic acids is 1. The molecule has 0 N–H and O–H groups in total. The standard InChI is InChI=1S/C10H9NO/c1-7-10(12)6-8-4-2-3-5-9(8)11-7/h2-7H,1H3/t7-/m1/s1. The summed E-state index contributed by atoms with van der Waals surface area (Å²) < 4.78 is 0. The number of para-hydroxylation sites is 1. The molecule has 0 fully saturated rings. The lowest BCUT2D eigenvalue weighted by atomic mass is 10.1. The van der Waals surface area contributed by atoms with Crippen LogP contribution in [0, 0.1) is 0 Å². The molecule has 1 aliphatic rings. The molecule has 1 aliphatic heterocycles. The number of benzene rings is 1. The Morgan fingerprint density at radius 3 is 2.92 bits per heavy atom. The number of Topliss-reactive ketones (excluding diaryl/α,β-unsaturated/α-hetero) is 1. The van der Waals surface area contributed by atoms with Crippen LogP contribution in [-0.4, -0.2) is 11.8 Å². The molecule has 0 saturated heterocycles. The first-order valence-electron chi connectivity index (χ1n) is 3.96. The highest BCUT2D eigenvalue weighted by atomic mass is 16.1. The predicted molar refractivity (Wildman–Crippen MR) is 46.2 cm³/mol. The lowest BCUT2D eigenvalue weighted by Gasteiger charge is -2.05. The van der Waals surface area contributed by atoms with Crippen molar-refractivity contribution in [2.75, 3.05) is 0 Å². The predicted octanol–water partition coefficient (Wildman–Crippen LogP) is 0.0579. The van der Waals surface area contributed by atoms with Gasteiger partial charge in [-0.2, -0.15) is 0 Å². The molecule has 1 aromatic rings. The Hall–Kier alpha value is -1.44. The highest BCUT2D eigenvalue weighted by molar-refractivity contribution is 6.09. The maximum atomic E-state index is 11.2. The van der Waals surface area contributed by atoms with Crippen LogP contribution in [0.25, 0.3) is 6.08 Å². The van der Waals surface area contributed by atoms with Gasteiger partial charge >= 0.3 is 0 Å². The Labute approximate surface area is 70.3 Å². The van der Waals surface area contributed by atoms with Crippen molar-refractivity contribution in [1.82, 2.24) is 0 Å². The topological polar surface area (TPSA) is 29.4 Å². The SMILES string of the molecule is C[C@H]1N=c2ccccc2=CC1=O. The lowest BCUT2D eigenvalue weighted by molar-refractivity contribution is -0.114. The smallest absolute Gasteiger partial charge is 0.180 e. The summed E-state index contributed by atoms with van der Waals surface area (Å²) in [4.78, 5) is 15.5. The molecule has 0 radical (unpaired) electrons. The van der Waals surface area contributed by atoms with Gasteiger partial charge in [0.05, 0.1) is 5.36 Å². The lowest BCUT2D eigenvalue weighted by Crippen LogP contribution is -2.34. The summed E-state index contributed by atoms with van der Waals surface area (Å²) in [7, 11) is 0. The Kier molecular flexibility index (Phi) is 1.54. The van der Waals surface area contributed by atoms with Crippen molar-refractivity contribution in [2.45, 2.75) is 13.0 Å². The fourth-order valence-corrected chi connectivity index (χ4v) is 1.27. The van der Waals surface area contributed by atoms with Gasteiger partial charge in [-0.25, -0.2) is 0 Å². The van der Waals surface area contributed by atoms with E-state index in [-0.39, 0.29) is 11.8 Å². The number of hydrogen-bond donors (Lipinski definition) is 0. The molecule has 0 saturated carbocycles. The molecular weight excluding hydrogens is 150 g/mol. The Morgan fingerprint density at radius 2 is 2.08 bits per heavy atom. The minimum atomic E-state index is -0.208. The Balaban J connectivity index is 2.79. The van der Waals surface area contributed by atoms with Gasteiger partial charge in [-0.15, -0.1) is 0 Å². The first-order valence-corrected chi connectivity index (χ1v) is 3.96. The van der Waals surface area contributed by atoms with Crippen LogP contribution >= 0.6 is 0 Å². The Bertz CT molecular complexity index is 433. The van der Waals surface area contributed by atoms with Gasteiger partial charge in [0.15, 0.2) is 5.78 Å². The number of ketones is 1. The first kappa shape index (κ1) is 7.22. The van der Waals surface area contributed by atoms with Gasteiger partial charge in [0, 0.05) is 5.22 Å². The number of rotatable bonds is 0. The minimum absolute atomic E-state index is 0.0914. The van der Waals surface area contributed by atoms with Gasteiger partial charge in [-0.1, -0.05) is 18.2 Å². The maximum absolute atomic E-state index is 11.2. The van der Waals surface area contributed by atoms with E-state index in [4.69, 9.17) is 0 Å². The molecule has 0 aliphatic carbocycles. The van der Waals surface area contributed by atoms with E-state index < -0.39 is 0 Å². The maximum Gasteiger partial charge on any atom is 0.180 e. The van der Waals surface area contributed by atoms with Crippen LogP contribution in [0.3, 0.4) is 0 Å². The summed E-state index contributed by atoms with van der Waals surface area (Å²) >= 11 is 0. The molecule has 0 amide bonds. The van der Waals surface area contributed by atoms with Crippen LogP contribution in [0.4, 0.5) is 0 Å². The van der Waals surface area contributed by atoms with E-state index in [9.17, 15) is 4.79 Å². The van der Waals surface area contributed by atoms with E-state index in [2.05, 4.69) is 4.99 Å². The zero-order valence-electron chi connectivity index (χ0n) is 6.82. The molecule has 12 heavy (non-hydrogen) atoms. The third-order valence-electron chi connectivity index (χ3n) is 1.98. The highest BCUT2D eigenvalue weighted by Crippen LogP contribution is 1.94. The van der Waals surface area contributed by atoms with Gasteiger partial charge in [0.1, 0.15) is 6.04 Å². The summed E-state index contributed by atoms with van der Waals surface area (Å²) in [5.41, 5.74) is 0. The number of fused-ring (bicyclic) bond motifs is 1. The molecule has 0 spiro atoms. The van der Waals surface area contributed by atoms with Gasteiger partial charge in [-0.3, -0.25) is 9.79 Å². The van der Waals surface area contributed by atoms with Crippen molar-refractivity contribution in [2.24, 2.45) is 4.99 Å². The largest absolute Gasteiger partial charge is 0.292 e. The fraction of sp³-hybridized carbons (Fsp3) is 0.200. The summed E-state index contributed by atoms with van der Waals surface area (Å²) in [6, 6.07) is 7.46. The average Bonchev–Trinajstić information content (AvgIpc) is 2.07. The van der Waals surface area contributed by atoms with E-state index in [0.717, 1.165) is 10.6 Å². The minimum Gasteiger partial charge on any atom is -0.292 e. The Morgan fingerprint density at radius 1 is 1.33 bits per heavy atom. The zero-order valence-corrected chi connectivity index (χ0v) is 6.82. The quantitative estimate of drug-likeness (QED) is 0.526. The van der Waals surface area contributed by atoms with Crippen molar-refractivity contribution in [3.63, 3.8) is 0 Å². The number of carbonyl (C=O) groups is 1. The first-order chi connectivity index (χ1) is 5.77. The molecule has 2 nitrogen and oxygen atoms in total. The van der Waals surface area contributed by atoms with Crippen molar-refractivity contribution in [1.29, 1.82) is 0 Å². The molecule has 1 aromatic carbocycles. The third kappa shape index (κ3) is 1.05. The highest BCUT2D eigenvalue weighted by Gasteiger charge is 2.10. The summed E-state index contributed by atoms with van der Waals surface area (Å²) in [6.07, 6.45) is 1.66. The number of hydrogen-bond acceptors (Lipinski definition) is 2. The van der Waals surface area contributed by atoms with Crippen molar-refractivity contribution >= 4 is 11.9 Å². The molecule has 1 atom stereocenters. The van der Waals surface area contributed by atoms with Crippen molar-refractivity contribution in [3.8, 4) is 0 Å². The average molecular weight is 159 g/mol. The molecule has 2 heteroatoms. The van der Waals surface area contributed by atoms with Gasteiger partial charge in [-0.05, 0) is 19.1 Å². The van der Waals surface area contributed by atoms with Crippen LogP contribution in [0.5, 0.6) is 0 Å². The molecule has 0 unspecified atom stereocenters. The van der Waals surface area contributed by atoms with E-state index in [1.165, 1.54) is 0 Å². The van der Waals surface area contributed by atoms with Gasteiger partial charge in [0.2, 0.25) is 0 Å². The van der Waals surface area contributed by atoms with Crippen molar-refractivity contribution < 1.29 is 4.79 Å². The van der Waals surface area contributed by atoms with Crippen LogP contribution in [0.2, 0.25) is 0 Å². The van der Waals surface area contributed by atoms with E-state index >= 15 is 0 Å². The zero-order chi connectivity index (χ0) is 8.55. The van der Waals surface area contributed by atoms with Crippen LogP contribution < -0.4 is 10.6 Å². The van der Waals surface area contributed by atoms with E-state index in [1.54, 1.807) is 6.08 Å². The van der Waals surface area contributed by atoms with Crippen LogP contribution in [0.15, 0.2) is 29.3 Å². The molecule has 60 valence electrons. The summed E-state index contributed by atoms with van der Waals surface area (Å²) in [6.45, 7) is 1.81. The molecular formula is C10H9NO. The molecule has 2 rings (SSSR count). The van der Waals surface area contributed by atoms with Crippen LogP contribution in [-0.2, 0) is 4.79 Å². The van der Waals surface area contributed by atoms with Crippen molar-refractivity contribution in [3.05, 3.63) is 34.8 Å². The van der Waals surface area contributed by atoms with E-state index in [0.29, 0.717) is 0 Å². The van der Waals surface area contributed by atoms with Gasteiger partial charge in [0.25, 0.3) is 0 Å². The second kappa shape index (κ2) is 2.55. The summed E-state index contributed by atoms with van der Waals surface area (Å²) in [5, 5.41) is 1.85. The normalized spacial score (nSPS) is 20.8. The number of nitrogens with zero attached hydrogens (tertiary/aromatic N) is 1. The van der Waals surface area contributed by atoms with E-state index in [1.807, 2.05) is 31.2 Å². The second-order valence-corrected chi connectivity index (χ2v) is 2.91. The molecule has 0 aromatic heterocycles. The third-order valence-corrected chi connectivity index (χ3v) is 1.98. The second-order valence-electron chi connectivity index (χ2n) is 2.91. The monoisotopic (exact) mass is 159 g/mol. The fourth-order valence-electron chi connectivity index (χ4n) is 1.27.